The SMILES string of the molecule is COC(=O)/C(=N/N)NN.[HH]. The smallest absolute Gasteiger partial charge is 0.376 e. The molecular formula is C3H10N4O2. The Morgan fingerprint density at radius 2 is 2.44 bits per heavy atom. The number of rotatable bonds is 0. The third-order valence-electron chi connectivity index (χ3n) is 0.645. The van der Waals surface area contributed by atoms with Gasteiger partial charge in [0.1, 0.15) is 0 Å². The standard InChI is InChI=1S/C3H8N4O2.H2/c1-9-3(8)2(6-4)7-5;/h4-5H2,1H3,(H,6,7);1H. The summed E-state index contributed by atoms with van der Waals surface area (Å²) in [6, 6.07) is 0. The number of nitrogens with two attached hydrogens (primary N) is 2. The number of hydrazine groups is 1. The van der Waals surface area contributed by atoms with Gasteiger partial charge >= 0.3 is 5.97 Å². The van der Waals surface area contributed by atoms with Crippen molar-refractivity contribution < 1.29 is 11.0 Å². The Hall–Kier alpha value is -1.30. The molecule has 0 radical (unpaired) electrons. The summed E-state index contributed by atoms with van der Waals surface area (Å²) in [4.78, 5) is 10.4. The zero-order valence-corrected chi connectivity index (χ0v) is 4.92. The van der Waals surface area contributed by atoms with Crippen molar-refractivity contribution in [3.8, 4) is 0 Å². The van der Waals surface area contributed by atoms with Crippen molar-refractivity contribution in [2.24, 2.45) is 16.8 Å². The van der Waals surface area contributed by atoms with Crippen molar-refractivity contribution in [1.29, 1.82) is 0 Å². The molecule has 54 valence electrons. The van der Waals surface area contributed by atoms with Crippen LogP contribution in [0, 0.1) is 0 Å². The highest BCUT2D eigenvalue weighted by Crippen LogP contribution is 1.72. The van der Waals surface area contributed by atoms with E-state index in [1.165, 1.54) is 7.11 Å². The molecule has 0 fully saturated rings. The van der Waals surface area contributed by atoms with Crippen molar-refractivity contribution in [1.82, 2.24) is 5.43 Å². The van der Waals surface area contributed by atoms with E-state index in [0.717, 1.165) is 0 Å². The molecule has 0 aliphatic heterocycles. The number of hydrazone groups is 1. The summed E-state index contributed by atoms with van der Waals surface area (Å²) >= 11 is 0. The molecule has 0 heterocycles. The number of ether oxygens (including phenoxy) is 1. The van der Waals surface area contributed by atoms with Gasteiger partial charge < -0.3 is 16.0 Å². The molecule has 0 saturated carbocycles. The Kier molecular flexibility index (Phi) is 3.14. The fraction of sp³-hybridized carbons (Fsp3) is 0.333. The van der Waals surface area contributed by atoms with E-state index in [2.05, 4.69) is 9.84 Å². The Morgan fingerprint density at radius 1 is 1.89 bits per heavy atom. The van der Waals surface area contributed by atoms with Gasteiger partial charge in [0.2, 0.25) is 5.84 Å². The molecule has 0 aromatic heterocycles. The van der Waals surface area contributed by atoms with E-state index in [1.807, 2.05) is 5.43 Å². The molecule has 0 bridgehead atoms. The Morgan fingerprint density at radius 3 is 2.56 bits per heavy atom. The largest absolute Gasteiger partial charge is 0.463 e. The molecule has 0 spiro atoms. The van der Waals surface area contributed by atoms with Crippen LogP contribution in [0.25, 0.3) is 0 Å². The van der Waals surface area contributed by atoms with Crippen molar-refractivity contribution in [2.45, 2.75) is 0 Å². The van der Waals surface area contributed by atoms with Gasteiger partial charge in [-0.3, -0.25) is 0 Å². The van der Waals surface area contributed by atoms with E-state index in [1.54, 1.807) is 0 Å². The van der Waals surface area contributed by atoms with E-state index < -0.39 is 5.97 Å². The summed E-state index contributed by atoms with van der Waals surface area (Å²) in [5.74, 6) is 8.60. The number of nitrogens with one attached hydrogen (secondary N) is 1. The van der Waals surface area contributed by atoms with Crippen molar-refractivity contribution >= 4 is 11.8 Å². The first-order valence-electron chi connectivity index (χ1n) is 2.09. The van der Waals surface area contributed by atoms with Crippen LogP contribution in [0.2, 0.25) is 0 Å². The molecule has 5 N–H and O–H groups in total. The highest BCUT2D eigenvalue weighted by atomic mass is 16.5. The van der Waals surface area contributed by atoms with Crippen LogP contribution in [0.15, 0.2) is 5.10 Å². The van der Waals surface area contributed by atoms with Crippen molar-refractivity contribution in [3.63, 3.8) is 0 Å². The molecule has 9 heavy (non-hydrogen) atoms. The van der Waals surface area contributed by atoms with E-state index in [4.69, 9.17) is 11.7 Å². The summed E-state index contributed by atoms with van der Waals surface area (Å²) in [5.41, 5.74) is 1.95. The Labute approximate surface area is 53.3 Å². The predicted octanol–water partition coefficient (Wildman–Crippen LogP) is -1.86. The molecule has 0 amide bonds. The quantitative estimate of drug-likeness (QED) is 0.118. The second-order valence-electron chi connectivity index (χ2n) is 1.11. The first-order chi connectivity index (χ1) is 4.26. The Balaban J connectivity index is 0. The average Bonchev–Trinajstić information content (AvgIpc) is 1.90. The lowest BCUT2D eigenvalue weighted by Crippen LogP contribution is -2.38. The molecule has 6 nitrogen and oxygen atoms in total. The number of esters is 1. The summed E-state index contributed by atoms with van der Waals surface area (Å²) in [6.07, 6.45) is 0. The first-order valence-corrected chi connectivity index (χ1v) is 2.09. The molecule has 0 aliphatic carbocycles. The van der Waals surface area contributed by atoms with Crippen molar-refractivity contribution in [3.05, 3.63) is 0 Å². The van der Waals surface area contributed by atoms with Crippen LogP contribution >= 0.6 is 0 Å². The van der Waals surface area contributed by atoms with Gasteiger partial charge in [-0.2, -0.15) is 5.10 Å². The zero-order valence-electron chi connectivity index (χ0n) is 4.92. The minimum absolute atomic E-state index is 0. The van der Waals surface area contributed by atoms with Crippen LogP contribution in [0.3, 0.4) is 0 Å². The number of hydrogen-bond acceptors (Lipinski definition) is 5. The van der Waals surface area contributed by atoms with E-state index >= 15 is 0 Å². The molecule has 0 aliphatic rings. The van der Waals surface area contributed by atoms with Gasteiger partial charge in [0.25, 0.3) is 0 Å². The normalized spacial score (nSPS) is 10.7. The van der Waals surface area contributed by atoms with Gasteiger partial charge in [-0.05, 0) is 0 Å². The topological polar surface area (TPSA) is 103 Å². The second-order valence-corrected chi connectivity index (χ2v) is 1.11. The molecule has 0 aromatic rings. The van der Waals surface area contributed by atoms with E-state index in [0.29, 0.717) is 0 Å². The minimum Gasteiger partial charge on any atom is -0.463 e. The summed E-state index contributed by atoms with van der Waals surface area (Å²) < 4.78 is 4.20. The van der Waals surface area contributed by atoms with Crippen LogP contribution < -0.4 is 17.1 Å². The molecule has 0 atom stereocenters. The minimum atomic E-state index is -0.694. The summed E-state index contributed by atoms with van der Waals surface area (Å²) in [6.45, 7) is 0. The van der Waals surface area contributed by atoms with E-state index in [9.17, 15) is 4.79 Å². The molecule has 0 aromatic carbocycles. The second kappa shape index (κ2) is 3.67. The van der Waals surface area contributed by atoms with Gasteiger partial charge in [0.15, 0.2) is 0 Å². The number of methoxy groups -OCH3 is 1. The number of hydrogen-bond donors (Lipinski definition) is 3. The van der Waals surface area contributed by atoms with Crippen molar-refractivity contribution in [2.75, 3.05) is 7.11 Å². The average molecular weight is 134 g/mol. The number of carbonyl (C=O) groups is 1. The van der Waals surface area contributed by atoms with E-state index in [-0.39, 0.29) is 7.26 Å². The Bertz CT molecular complexity index is 136. The van der Waals surface area contributed by atoms with Crippen LogP contribution in [-0.4, -0.2) is 18.9 Å². The predicted molar refractivity (Wildman–Crippen MR) is 33.1 cm³/mol. The van der Waals surface area contributed by atoms with Gasteiger partial charge in [-0.1, -0.05) is 0 Å². The number of carbonyl (C=O) groups excluding carboxylic acids is 1. The van der Waals surface area contributed by atoms with Crippen LogP contribution in [0.1, 0.15) is 1.43 Å². The zero-order chi connectivity index (χ0) is 7.28. The van der Waals surface area contributed by atoms with Gasteiger partial charge in [-0.15, -0.1) is 0 Å². The molecule has 0 unspecified atom stereocenters. The summed E-state index contributed by atoms with van der Waals surface area (Å²) in [7, 11) is 1.20. The highest BCUT2D eigenvalue weighted by Gasteiger charge is 2.07. The van der Waals surface area contributed by atoms with Crippen LogP contribution in [-0.2, 0) is 9.53 Å². The first kappa shape index (κ1) is 7.70. The third kappa shape index (κ3) is 1.96. The molecular weight excluding hydrogens is 124 g/mol. The fourth-order valence-corrected chi connectivity index (χ4v) is 0.246. The lowest BCUT2D eigenvalue weighted by Gasteiger charge is -1.98. The highest BCUT2D eigenvalue weighted by molar-refractivity contribution is 6.35. The lowest BCUT2D eigenvalue weighted by atomic mass is 10.6. The molecule has 6 heteroatoms. The number of nitrogens with zero attached hydrogens (tertiary/aromatic N) is 1. The third-order valence-corrected chi connectivity index (χ3v) is 0.645. The monoisotopic (exact) mass is 134 g/mol. The van der Waals surface area contributed by atoms with Crippen LogP contribution in [0.4, 0.5) is 0 Å². The number of amidine groups is 1. The maximum absolute atomic E-state index is 10.4. The van der Waals surface area contributed by atoms with Gasteiger partial charge in [0, 0.05) is 1.43 Å². The molecule has 0 saturated heterocycles. The summed E-state index contributed by atoms with van der Waals surface area (Å²) in [5, 5.41) is 2.98. The van der Waals surface area contributed by atoms with Gasteiger partial charge in [-0.25, -0.2) is 10.6 Å². The fourth-order valence-electron chi connectivity index (χ4n) is 0.246. The van der Waals surface area contributed by atoms with Gasteiger partial charge in [0.05, 0.1) is 7.11 Å². The lowest BCUT2D eigenvalue weighted by molar-refractivity contribution is -0.133. The maximum atomic E-state index is 10.4. The van der Waals surface area contributed by atoms with Crippen LogP contribution in [0.5, 0.6) is 0 Å². The maximum Gasteiger partial charge on any atom is 0.376 e. The molecule has 0 rings (SSSR count).